The molecule has 0 aliphatic carbocycles. The van der Waals surface area contributed by atoms with Gasteiger partial charge in [-0.05, 0) is 42.0 Å². The van der Waals surface area contributed by atoms with E-state index in [2.05, 4.69) is 0 Å². The summed E-state index contributed by atoms with van der Waals surface area (Å²) in [6.07, 6.45) is 3.16. The van der Waals surface area contributed by atoms with Crippen molar-refractivity contribution in [2.45, 2.75) is 0 Å². The van der Waals surface area contributed by atoms with Crippen molar-refractivity contribution in [1.29, 1.82) is 0 Å². The molecule has 0 radical (unpaired) electrons. The number of phenols is 1. The molecule has 3 rings (SSSR count). The van der Waals surface area contributed by atoms with Crippen LogP contribution < -0.4 is 4.74 Å². The van der Waals surface area contributed by atoms with E-state index in [1.807, 2.05) is 60.7 Å². The zero-order chi connectivity index (χ0) is 16.8. The first kappa shape index (κ1) is 15.6. The number of phenolic OH excluding ortho intramolecular Hbond substituents is 1. The van der Waals surface area contributed by atoms with Gasteiger partial charge in [0.05, 0.1) is 5.56 Å². The van der Waals surface area contributed by atoms with Crippen LogP contribution >= 0.6 is 0 Å². The lowest BCUT2D eigenvalue weighted by molar-refractivity contribution is 0.104. The van der Waals surface area contributed by atoms with Gasteiger partial charge in [0.25, 0.3) is 0 Å². The number of rotatable bonds is 5. The Labute approximate surface area is 140 Å². The standard InChI is InChI=1S/C21H16O3/c22-20(13-11-16-7-3-1-4-8-16)19-15-18(12-14-21(19)23)24-17-9-5-2-6-10-17/h1-15,23H/b13-11+. The molecule has 0 fully saturated rings. The highest BCUT2D eigenvalue weighted by atomic mass is 16.5. The first-order valence-corrected chi connectivity index (χ1v) is 7.56. The maximum atomic E-state index is 12.3. The minimum atomic E-state index is -0.283. The molecular weight excluding hydrogens is 300 g/mol. The smallest absolute Gasteiger partial charge is 0.189 e. The first-order valence-electron chi connectivity index (χ1n) is 7.56. The van der Waals surface area contributed by atoms with Gasteiger partial charge in [0.15, 0.2) is 5.78 Å². The SMILES string of the molecule is O=C(/C=C/c1ccccc1)c1cc(Oc2ccccc2)ccc1O. The molecule has 0 spiro atoms. The Morgan fingerprint density at radius 2 is 1.50 bits per heavy atom. The van der Waals surface area contributed by atoms with Gasteiger partial charge in [-0.1, -0.05) is 54.6 Å². The topological polar surface area (TPSA) is 46.5 Å². The fourth-order valence-electron chi connectivity index (χ4n) is 2.23. The number of hydrogen-bond donors (Lipinski definition) is 1. The van der Waals surface area contributed by atoms with Gasteiger partial charge >= 0.3 is 0 Å². The summed E-state index contributed by atoms with van der Waals surface area (Å²) in [6, 6.07) is 23.4. The van der Waals surface area contributed by atoms with E-state index < -0.39 is 0 Å². The minimum Gasteiger partial charge on any atom is -0.507 e. The molecule has 0 aliphatic heterocycles. The lowest BCUT2D eigenvalue weighted by Crippen LogP contribution is -1.96. The van der Waals surface area contributed by atoms with Crippen molar-refractivity contribution in [1.82, 2.24) is 0 Å². The van der Waals surface area contributed by atoms with E-state index in [4.69, 9.17) is 4.74 Å². The quantitative estimate of drug-likeness (QED) is 0.527. The highest BCUT2D eigenvalue weighted by Crippen LogP contribution is 2.27. The van der Waals surface area contributed by atoms with E-state index >= 15 is 0 Å². The van der Waals surface area contributed by atoms with Gasteiger partial charge in [-0.15, -0.1) is 0 Å². The van der Waals surface area contributed by atoms with Crippen LogP contribution in [0.15, 0.2) is 84.9 Å². The van der Waals surface area contributed by atoms with Crippen molar-refractivity contribution in [3.63, 3.8) is 0 Å². The highest BCUT2D eigenvalue weighted by molar-refractivity contribution is 6.08. The molecule has 0 unspecified atom stereocenters. The predicted octanol–water partition coefficient (Wildman–Crippen LogP) is 5.08. The number of carbonyl (C=O) groups excluding carboxylic acids is 1. The number of ketones is 1. The van der Waals surface area contributed by atoms with E-state index in [-0.39, 0.29) is 17.1 Å². The molecule has 0 heterocycles. The number of aromatic hydroxyl groups is 1. The average Bonchev–Trinajstić information content (AvgIpc) is 2.63. The zero-order valence-corrected chi connectivity index (χ0v) is 12.9. The Bertz CT molecular complexity index is 853. The number of hydrogen-bond acceptors (Lipinski definition) is 3. The molecule has 3 aromatic carbocycles. The van der Waals surface area contributed by atoms with Gasteiger partial charge in [-0.2, -0.15) is 0 Å². The van der Waals surface area contributed by atoms with Gasteiger partial charge in [0.1, 0.15) is 17.2 Å². The average molecular weight is 316 g/mol. The first-order chi connectivity index (χ1) is 11.7. The van der Waals surface area contributed by atoms with Crippen LogP contribution in [0.5, 0.6) is 17.2 Å². The van der Waals surface area contributed by atoms with Crippen LogP contribution in [0.3, 0.4) is 0 Å². The maximum absolute atomic E-state index is 12.3. The van der Waals surface area contributed by atoms with Crippen molar-refractivity contribution < 1.29 is 14.6 Å². The monoisotopic (exact) mass is 316 g/mol. The fraction of sp³-hybridized carbons (Fsp3) is 0. The van der Waals surface area contributed by atoms with E-state index in [1.165, 1.54) is 12.1 Å². The van der Waals surface area contributed by atoms with Crippen LogP contribution in [0.25, 0.3) is 6.08 Å². The van der Waals surface area contributed by atoms with E-state index in [0.29, 0.717) is 11.5 Å². The molecule has 1 N–H and O–H groups in total. The molecule has 118 valence electrons. The summed E-state index contributed by atoms with van der Waals surface area (Å²) in [7, 11) is 0. The van der Waals surface area contributed by atoms with Crippen molar-refractivity contribution >= 4 is 11.9 Å². The van der Waals surface area contributed by atoms with Crippen molar-refractivity contribution in [3.05, 3.63) is 96.1 Å². The second-order valence-electron chi connectivity index (χ2n) is 5.20. The van der Waals surface area contributed by atoms with Gasteiger partial charge in [0.2, 0.25) is 0 Å². The van der Waals surface area contributed by atoms with E-state index in [1.54, 1.807) is 18.2 Å². The number of benzene rings is 3. The van der Waals surface area contributed by atoms with Crippen LogP contribution in [-0.2, 0) is 0 Å². The Morgan fingerprint density at radius 1 is 0.833 bits per heavy atom. The third-order valence-electron chi connectivity index (χ3n) is 3.44. The Hall–Kier alpha value is -3.33. The highest BCUT2D eigenvalue weighted by Gasteiger charge is 2.10. The molecule has 0 saturated heterocycles. The third-order valence-corrected chi connectivity index (χ3v) is 3.44. The van der Waals surface area contributed by atoms with Crippen LogP contribution in [0.1, 0.15) is 15.9 Å². The largest absolute Gasteiger partial charge is 0.507 e. The van der Waals surface area contributed by atoms with Crippen LogP contribution in [0, 0.1) is 0 Å². The Morgan fingerprint density at radius 3 is 2.21 bits per heavy atom. The normalized spacial score (nSPS) is 10.7. The number of carbonyl (C=O) groups is 1. The zero-order valence-electron chi connectivity index (χ0n) is 12.9. The van der Waals surface area contributed by atoms with Crippen LogP contribution in [0.2, 0.25) is 0 Å². The summed E-state index contributed by atoms with van der Waals surface area (Å²) in [4.78, 5) is 12.3. The molecule has 0 bridgehead atoms. The number of allylic oxidation sites excluding steroid dienone is 1. The minimum absolute atomic E-state index is 0.0712. The summed E-state index contributed by atoms with van der Waals surface area (Å²) < 4.78 is 5.70. The summed E-state index contributed by atoms with van der Waals surface area (Å²) in [5, 5.41) is 9.96. The molecule has 3 nitrogen and oxygen atoms in total. The summed E-state index contributed by atoms with van der Waals surface area (Å²) in [5.74, 6) is 0.810. The van der Waals surface area contributed by atoms with Gasteiger partial charge < -0.3 is 9.84 Å². The second kappa shape index (κ2) is 7.29. The molecule has 3 heteroatoms. The second-order valence-corrected chi connectivity index (χ2v) is 5.20. The Balaban J connectivity index is 1.81. The summed E-state index contributed by atoms with van der Waals surface area (Å²) in [5.41, 5.74) is 1.12. The number of ether oxygens (including phenoxy) is 1. The summed E-state index contributed by atoms with van der Waals surface area (Å²) in [6.45, 7) is 0. The van der Waals surface area contributed by atoms with Gasteiger partial charge in [0, 0.05) is 0 Å². The molecule has 0 atom stereocenters. The van der Waals surface area contributed by atoms with Gasteiger partial charge in [-0.3, -0.25) is 4.79 Å². The van der Waals surface area contributed by atoms with Crippen LogP contribution in [0.4, 0.5) is 0 Å². The maximum Gasteiger partial charge on any atom is 0.189 e. The predicted molar refractivity (Wildman–Crippen MR) is 94.4 cm³/mol. The lowest BCUT2D eigenvalue weighted by Gasteiger charge is -2.08. The fourth-order valence-corrected chi connectivity index (χ4v) is 2.23. The third kappa shape index (κ3) is 3.90. The number of para-hydroxylation sites is 1. The summed E-state index contributed by atoms with van der Waals surface area (Å²) >= 11 is 0. The molecule has 0 saturated carbocycles. The Kier molecular flexibility index (Phi) is 4.73. The van der Waals surface area contributed by atoms with Crippen molar-refractivity contribution in [2.75, 3.05) is 0 Å². The van der Waals surface area contributed by atoms with Crippen LogP contribution in [-0.4, -0.2) is 10.9 Å². The van der Waals surface area contributed by atoms with Crippen molar-refractivity contribution in [3.8, 4) is 17.2 Å². The molecule has 24 heavy (non-hydrogen) atoms. The van der Waals surface area contributed by atoms with Gasteiger partial charge in [-0.25, -0.2) is 0 Å². The molecule has 0 amide bonds. The van der Waals surface area contributed by atoms with E-state index in [0.717, 1.165) is 5.56 Å². The van der Waals surface area contributed by atoms with E-state index in [9.17, 15) is 9.90 Å². The van der Waals surface area contributed by atoms with Crippen molar-refractivity contribution in [2.24, 2.45) is 0 Å². The lowest BCUT2D eigenvalue weighted by atomic mass is 10.1. The molecule has 0 aliphatic rings. The molecular formula is C21H16O3. The molecule has 3 aromatic rings. The molecule has 0 aromatic heterocycles.